The van der Waals surface area contributed by atoms with Gasteiger partial charge in [0.15, 0.2) is 0 Å². The third kappa shape index (κ3) is 3.42. The van der Waals surface area contributed by atoms with E-state index >= 15 is 0 Å². The van der Waals surface area contributed by atoms with E-state index in [1.807, 2.05) is 24.8 Å². The topological polar surface area (TPSA) is 40.5 Å². The molecule has 0 saturated carbocycles. The number of benzene rings is 1. The normalized spacial score (nSPS) is 12.2. The minimum Gasteiger partial charge on any atom is -0.478 e. The van der Waals surface area contributed by atoms with Crippen LogP contribution in [0.4, 0.5) is 5.69 Å². The van der Waals surface area contributed by atoms with Gasteiger partial charge in [-0.2, -0.15) is 11.8 Å². The number of nitrogens with zero attached hydrogens (tertiary/aromatic N) is 1. The summed E-state index contributed by atoms with van der Waals surface area (Å²) in [5, 5.41) is 8.96. The van der Waals surface area contributed by atoms with E-state index in [-0.39, 0.29) is 0 Å². The predicted molar refractivity (Wildman–Crippen MR) is 79.0 cm³/mol. The van der Waals surface area contributed by atoms with Crippen LogP contribution >= 0.6 is 11.8 Å². The van der Waals surface area contributed by atoms with Gasteiger partial charge in [-0.3, -0.25) is 0 Å². The van der Waals surface area contributed by atoms with Gasteiger partial charge >= 0.3 is 5.97 Å². The molecule has 4 heteroatoms. The van der Waals surface area contributed by atoms with Crippen molar-refractivity contribution < 1.29 is 9.90 Å². The van der Waals surface area contributed by atoms with Crippen molar-refractivity contribution in [3.63, 3.8) is 0 Å². The molecule has 0 aromatic heterocycles. The van der Waals surface area contributed by atoms with Gasteiger partial charge in [0.1, 0.15) is 0 Å². The smallest absolute Gasteiger partial charge is 0.335 e. The predicted octanol–water partition coefficient (Wildman–Crippen LogP) is 3.27. The molecule has 0 amide bonds. The summed E-state index contributed by atoms with van der Waals surface area (Å²) in [4.78, 5) is 13.2. The van der Waals surface area contributed by atoms with Crippen molar-refractivity contribution in [2.24, 2.45) is 0 Å². The van der Waals surface area contributed by atoms with E-state index in [1.54, 1.807) is 12.1 Å². The quantitative estimate of drug-likeness (QED) is 0.859. The molecule has 0 bridgehead atoms. The molecule has 0 fully saturated rings. The third-order valence-corrected chi connectivity index (χ3v) is 3.92. The molecule has 0 heterocycles. The number of carbonyl (C=O) groups is 1. The largest absolute Gasteiger partial charge is 0.478 e. The molecule has 0 aliphatic carbocycles. The maximum Gasteiger partial charge on any atom is 0.335 e. The highest BCUT2D eigenvalue weighted by Crippen LogP contribution is 2.24. The van der Waals surface area contributed by atoms with Crippen molar-refractivity contribution in [3.05, 3.63) is 29.3 Å². The van der Waals surface area contributed by atoms with Gasteiger partial charge in [0.05, 0.1) is 5.56 Å². The van der Waals surface area contributed by atoms with Crippen LogP contribution < -0.4 is 4.90 Å². The lowest BCUT2D eigenvalue weighted by atomic mass is 10.1. The molecular formula is C14H21NO2S. The lowest BCUT2D eigenvalue weighted by Crippen LogP contribution is -2.33. The van der Waals surface area contributed by atoms with E-state index in [4.69, 9.17) is 5.11 Å². The average Bonchev–Trinajstić information content (AvgIpc) is 2.34. The van der Waals surface area contributed by atoms with Gasteiger partial charge in [0.25, 0.3) is 0 Å². The number of aromatic carboxylic acids is 1. The van der Waals surface area contributed by atoms with Gasteiger partial charge in [-0.1, -0.05) is 6.92 Å². The number of hydrogen-bond donors (Lipinski definition) is 1. The SMILES string of the molecule is CCC(CSC)N(C)c1ccc(C(=O)O)cc1C. The molecule has 1 rings (SSSR count). The molecule has 1 atom stereocenters. The van der Waals surface area contributed by atoms with Crippen molar-refractivity contribution in [3.8, 4) is 0 Å². The van der Waals surface area contributed by atoms with E-state index in [2.05, 4.69) is 25.1 Å². The van der Waals surface area contributed by atoms with Crippen LogP contribution in [0, 0.1) is 6.92 Å². The van der Waals surface area contributed by atoms with E-state index in [9.17, 15) is 4.79 Å². The zero-order valence-corrected chi connectivity index (χ0v) is 12.3. The molecule has 0 aliphatic rings. The monoisotopic (exact) mass is 267 g/mol. The third-order valence-electron chi connectivity index (χ3n) is 3.20. The zero-order valence-electron chi connectivity index (χ0n) is 11.4. The van der Waals surface area contributed by atoms with Crippen LogP contribution in [0.3, 0.4) is 0 Å². The summed E-state index contributed by atoms with van der Waals surface area (Å²) in [6.07, 6.45) is 3.19. The molecule has 1 unspecified atom stereocenters. The van der Waals surface area contributed by atoms with Gasteiger partial charge in [0, 0.05) is 24.5 Å². The van der Waals surface area contributed by atoms with E-state index in [0.717, 1.165) is 23.4 Å². The highest BCUT2D eigenvalue weighted by Gasteiger charge is 2.15. The summed E-state index contributed by atoms with van der Waals surface area (Å²) in [5.41, 5.74) is 2.47. The summed E-state index contributed by atoms with van der Waals surface area (Å²) < 4.78 is 0. The molecule has 18 heavy (non-hydrogen) atoms. The fraction of sp³-hybridized carbons (Fsp3) is 0.500. The van der Waals surface area contributed by atoms with Crippen molar-refractivity contribution in [2.75, 3.05) is 24.0 Å². The number of thioether (sulfide) groups is 1. The Labute approximate surface area is 113 Å². The Balaban J connectivity index is 2.98. The molecule has 1 aromatic rings. The number of anilines is 1. The maximum absolute atomic E-state index is 10.9. The Hall–Kier alpha value is -1.16. The minimum atomic E-state index is -0.872. The van der Waals surface area contributed by atoms with E-state index in [1.165, 1.54) is 0 Å². The molecule has 0 aliphatic heterocycles. The second-order valence-corrected chi connectivity index (χ2v) is 5.35. The molecule has 1 N–H and O–H groups in total. The van der Waals surface area contributed by atoms with Crippen LogP contribution in [-0.4, -0.2) is 36.2 Å². The lowest BCUT2D eigenvalue weighted by molar-refractivity contribution is 0.0697. The van der Waals surface area contributed by atoms with Crippen LogP contribution in [0.5, 0.6) is 0 Å². The highest BCUT2D eigenvalue weighted by atomic mass is 32.2. The van der Waals surface area contributed by atoms with Crippen LogP contribution in [0.2, 0.25) is 0 Å². The van der Waals surface area contributed by atoms with Crippen molar-refractivity contribution in [1.82, 2.24) is 0 Å². The molecule has 100 valence electrons. The van der Waals surface area contributed by atoms with Crippen LogP contribution in [0.1, 0.15) is 29.3 Å². The summed E-state index contributed by atoms with van der Waals surface area (Å²) in [5.74, 6) is 0.205. The first-order valence-electron chi connectivity index (χ1n) is 6.07. The van der Waals surface area contributed by atoms with Crippen molar-refractivity contribution in [2.45, 2.75) is 26.3 Å². The Morgan fingerprint density at radius 3 is 2.61 bits per heavy atom. The molecular weight excluding hydrogens is 246 g/mol. The number of carboxylic acids is 1. The maximum atomic E-state index is 10.9. The second kappa shape index (κ2) is 6.69. The Morgan fingerprint density at radius 2 is 2.17 bits per heavy atom. The Kier molecular flexibility index (Phi) is 5.54. The molecule has 0 saturated heterocycles. The summed E-state index contributed by atoms with van der Waals surface area (Å²) in [6.45, 7) is 4.14. The summed E-state index contributed by atoms with van der Waals surface area (Å²) >= 11 is 1.84. The number of carboxylic acid groups (broad SMARTS) is 1. The molecule has 3 nitrogen and oxygen atoms in total. The van der Waals surface area contributed by atoms with Crippen LogP contribution in [0.25, 0.3) is 0 Å². The van der Waals surface area contributed by atoms with Crippen LogP contribution in [-0.2, 0) is 0 Å². The van der Waals surface area contributed by atoms with Crippen molar-refractivity contribution in [1.29, 1.82) is 0 Å². The first kappa shape index (κ1) is 14.9. The van der Waals surface area contributed by atoms with Gasteiger partial charge in [-0.25, -0.2) is 4.79 Å². The second-order valence-electron chi connectivity index (χ2n) is 4.43. The summed E-state index contributed by atoms with van der Waals surface area (Å²) in [7, 11) is 2.08. The molecule has 0 radical (unpaired) electrons. The fourth-order valence-electron chi connectivity index (χ4n) is 2.08. The number of hydrogen-bond acceptors (Lipinski definition) is 3. The number of aryl methyl sites for hydroxylation is 1. The van der Waals surface area contributed by atoms with Crippen LogP contribution in [0.15, 0.2) is 18.2 Å². The highest BCUT2D eigenvalue weighted by molar-refractivity contribution is 7.98. The Morgan fingerprint density at radius 1 is 1.50 bits per heavy atom. The first-order valence-corrected chi connectivity index (χ1v) is 7.46. The van der Waals surface area contributed by atoms with Gasteiger partial charge in [-0.05, 0) is 43.4 Å². The van der Waals surface area contributed by atoms with E-state index in [0.29, 0.717) is 11.6 Å². The lowest BCUT2D eigenvalue weighted by Gasteiger charge is -2.30. The minimum absolute atomic E-state index is 0.350. The standard InChI is InChI=1S/C14H21NO2S/c1-5-12(9-18-4)15(3)13-7-6-11(14(16)17)8-10(13)2/h6-8,12H,5,9H2,1-4H3,(H,16,17). The number of rotatable bonds is 6. The fourth-order valence-corrected chi connectivity index (χ4v) is 2.92. The summed E-state index contributed by atoms with van der Waals surface area (Å²) in [6, 6.07) is 5.80. The first-order chi connectivity index (χ1) is 8.51. The van der Waals surface area contributed by atoms with Gasteiger partial charge in [-0.15, -0.1) is 0 Å². The Bertz CT molecular complexity index is 420. The van der Waals surface area contributed by atoms with Gasteiger partial charge in [0.2, 0.25) is 0 Å². The van der Waals surface area contributed by atoms with Crippen molar-refractivity contribution >= 4 is 23.4 Å². The van der Waals surface area contributed by atoms with E-state index < -0.39 is 5.97 Å². The zero-order chi connectivity index (χ0) is 13.7. The van der Waals surface area contributed by atoms with Gasteiger partial charge < -0.3 is 10.0 Å². The molecule has 1 aromatic carbocycles. The molecule has 0 spiro atoms. The average molecular weight is 267 g/mol.